The molecule has 8 heteroatoms. The molecule has 0 radical (unpaired) electrons. The second kappa shape index (κ2) is 5.32. The highest BCUT2D eigenvalue weighted by atomic mass is 16.6. The molecule has 0 atom stereocenters. The average Bonchev–Trinajstić information content (AvgIpc) is 2.84. The zero-order chi connectivity index (χ0) is 13.0. The third-order valence-corrected chi connectivity index (χ3v) is 2.45. The van der Waals surface area contributed by atoms with Crippen LogP contribution in [-0.2, 0) is 6.54 Å². The van der Waals surface area contributed by atoms with Crippen molar-refractivity contribution in [3.05, 3.63) is 34.4 Å². The van der Waals surface area contributed by atoms with Gasteiger partial charge in [0.25, 0.3) is 5.69 Å². The number of nitro groups is 1. The van der Waals surface area contributed by atoms with E-state index in [1.807, 2.05) is 0 Å². The van der Waals surface area contributed by atoms with E-state index in [0.717, 1.165) is 0 Å². The molecule has 1 aromatic carbocycles. The molecule has 0 fully saturated rings. The molecule has 0 unspecified atom stereocenters. The van der Waals surface area contributed by atoms with Crippen molar-refractivity contribution in [2.45, 2.75) is 13.0 Å². The van der Waals surface area contributed by atoms with Gasteiger partial charge in [0.1, 0.15) is 0 Å². The summed E-state index contributed by atoms with van der Waals surface area (Å²) in [5.74, 6) is 0.385. The SMILES string of the molecule is NCCCn1nnnc1-c1ccccc1[N+](=O)[O-]. The Balaban J connectivity index is 2.42. The van der Waals surface area contributed by atoms with Crippen LogP contribution in [0, 0.1) is 10.1 Å². The van der Waals surface area contributed by atoms with Crippen molar-refractivity contribution in [2.24, 2.45) is 5.73 Å². The normalized spacial score (nSPS) is 10.5. The topological polar surface area (TPSA) is 113 Å². The minimum absolute atomic E-state index is 0.0127. The van der Waals surface area contributed by atoms with Gasteiger partial charge in [-0.3, -0.25) is 10.1 Å². The number of para-hydroxylation sites is 1. The summed E-state index contributed by atoms with van der Waals surface area (Å²) in [6, 6.07) is 6.37. The average molecular weight is 248 g/mol. The number of hydrogen-bond acceptors (Lipinski definition) is 6. The number of nitro benzene ring substituents is 1. The molecule has 8 nitrogen and oxygen atoms in total. The molecule has 94 valence electrons. The molecule has 1 heterocycles. The van der Waals surface area contributed by atoms with Crippen LogP contribution in [0.1, 0.15) is 6.42 Å². The van der Waals surface area contributed by atoms with Gasteiger partial charge in [-0.2, -0.15) is 0 Å². The Morgan fingerprint density at radius 2 is 2.17 bits per heavy atom. The lowest BCUT2D eigenvalue weighted by atomic mass is 10.1. The van der Waals surface area contributed by atoms with Crippen molar-refractivity contribution in [1.82, 2.24) is 20.2 Å². The van der Waals surface area contributed by atoms with Crippen LogP contribution in [0.3, 0.4) is 0 Å². The number of nitrogens with two attached hydrogens (primary N) is 1. The molecule has 0 amide bonds. The smallest absolute Gasteiger partial charge is 0.280 e. The maximum Gasteiger partial charge on any atom is 0.280 e. The summed E-state index contributed by atoms with van der Waals surface area (Å²) in [4.78, 5) is 10.5. The minimum Gasteiger partial charge on any atom is -0.330 e. The zero-order valence-corrected chi connectivity index (χ0v) is 9.56. The molecule has 2 aromatic rings. The largest absolute Gasteiger partial charge is 0.330 e. The van der Waals surface area contributed by atoms with Gasteiger partial charge in [-0.15, -0.1) is 5.10 Å². The van der Waals surface area contributed by atoms with Crippen LogP contribution in [0.4, 0.5) is 5.69 Å². The first-order chi connectivity index (χ1) is 8.74. The summed E-state index contributed by atoms with van der Waals surface area (Å²) < 4.78 is 1.52. The van der Waals surface area contributed by atoms with E-state index < -0.39 is 4.92 Å². The lowest BCUT2D eigenvalue weighted by Crippen LogP contribution is -2.09. The Hall–Kier alpha value is -2.35. The first kappa shape index (κ1) is 12.1. The number of aromatic nitrogens is 4. The molecule has 2 N–H and O–H groups in total. The summed E-state index contributed by atoms with van der Waals surface area (Å²) in [6.45, 7) is 1.04. The Morgan fingerprint density at radius 3 is 2.89 bits per heavy atom. The van der Waals surface area contributed by atoms with Gasteiger partial charge >= 0.3 is 0 Å². The van der Waals surface area contributed by atoms with Gasteiger partial charge in [0.2, 0.25) is 0 Å². The van der Waals surface area contributed by atoms with Gasteiger partial charge in [0, 0.05) is 12.6 Å². The molecular weight excluding hydrogens is 236 g/mol. The fourth-order valence-electron chi connectivity index (χ4n) is 1.61. The van der Waals surface area contributed by atoms with E-state index in [4.69, 9.17) is 5.73 Å². The summed E-state index contributed by atoms with van der Waals surface area (Å²) in [5, 5.41) is 22.1. The van der Waals surface area contributed by atoms with E-state index in [2.05, 4.69) is 15.5 Å². The monoisotopic (exact) mass is 248 g/mol. The van der Waals surface area contributed by atoms with Crippen LogP contribution in [-0.4, -0.2) is 31.7 Å². The first-order valence-corrected chi connectivity index (χ1v) is 5.44. The van der Waals surface area contributed by atoms with Gasteiger partial charge < -0.3 is 5.73 Å². The van der Waals surface area contributed by atoms with Crippen molar-refractivity contribution in [2.75, 3.05) is 6.54 Å². The summed E-state index contributed by atoms with van der Waals surface area (Å²) in [5.41, 5.74) is 5.82. The van der Waals surface area contributed by atoms with Gasteiger partial charge in [0.05, 0.1) is 10.5 Å². The Labute approximate surface area is 103 Å². The van der Waals surface area contributed by atoms with Crippen LogP contribution in [0.5, 0.6) is 0 Å². The molecular formula is C10H12N6O2. The Kier molecular flexibility index (Phi) is 3.58. The first-order valence-electron chi connectivity index (χ1n) is 5.44. The third-order valence-electron chi connectivity index (χ3n) is 2.45. The van der Waals surface area contributed by atoms with Crippen molar-refractivity contribution < 1.29 is 4.92 Å². The van der Waals surface area contributed by atoms with E-state index >= 15 is 0 Å². The zero-order valence-electron chi connectivity index (χ0n) is 9.56. The van der Waals surface area contributed by atoms with Gasteiger partial charge in [-0.25, -0.2) is 4.68 Å². The molecule has 0 spiro atoms. The molecule has 0 aliphatic carbocycles. The maximum absolute atomic E-state index is 10.9. The number of aryl methyl sites for hydroxylation is 1. The fraction of sp³-hybridized carbons (Fsp3) is 0.300. The summed E-state index contributed by atoms with van der Waals surface area (Å²) in [7, 11) is 0. The van der Waals surface area contributed by atoms with Gasteiger partial charge in [0.15, 0.2) is 5.82 Å². The molecule has 1 aromatic heterocycles. The molecule has 0 saturated carbocycles. The van der Waals surface area contributed by atoms with E-state index in [0.29, 0.717) is 30.9 Å². The molecule has 0 saturated heterocycles. The second-order valence-electron chi connectivity index (χ2n) is 3.64. The Morgan fingerprint density at radius 1 is 1.39 bits per heavy atom. The highest BCUT2D eigenvalue weighted by Gasteiger charge is 2.19. The van der Waals surface area contributed by atoms with Crippen molar-refractivity contribution in [1.29, 1.82) is 0 Å². The van der Waals surface area contributed by atoms with E-state index in [-0.39, 0.29) is 5.69 Å². The molecule has 2 rings (SSSR count). The molecule has 0 aliphatic rings. The number of nitrogens with zero attached hydrogens (tertiary/aromatic N) is 5. The number of hydrogen-bond donors (Lipinski definition) is 1. The minimum atomic E-state index is -0.447. The Bertz CT molecular complexity index is 553. The number of benzene rings is 1. The van der Waals surface area contributed by atoms with E-state index in [1.54, 1.807) is 18.2 Å². The second-order valence-corrected chi connectivity index (χ2v) is 3.64. The van der Waals surface area contributed by atoms with Crippen molar-refractivity contribution in [3.8, 4) is 11.4 Å². The third kappa shape index (κ3) is 2.33. The lowest BCUT2D eigenvalue weighted by Gasteiger charge is -2.04. The predicted octanol–water partition coefficient (Wildman–Crippen LogP) is 0.597. The maximum atomic E-state index is 10.9. The van der Waals surface area contributed by atoms with Crippen LogP contribution in [0.2, 0.25) is 0 Å². The summed E-state index contributed by atoms with van der Waals surface area (Å²) in [6.07, 6.45) is 0.707. The molecule has 18 heavy (non-hydrogen) atoms. The van der Waals surface area contributed by atoms with Crippen LogP contribution < -0.4 is 5.73 Å². The highest BCUT2D eigenvalue weighted by Crippen LogP contribution is 2.27. The predicted molar refractivity (Wildman–Crippen MR) is 63.6 cm³/mol. The molecule has 0 bridgehead atoms. The van der Waals surface area contributed by atoms with Crippen LogP contribution in [0.25, 0.3) is 11.4 Å². The summed E-state index contributed by atoms with van der Waals surface area (Å²) >= 11 is 0. The quantitative estimate of drug-likeness (QED) is 0.612. The van der Waals surface area contributed by atoms with Crippen molar-refractivity contribution >= 4 is 5.69 Å². The number of rotatable bonds is 5. The van der Waals surface area contributed by atoms with Crippen molar-refractivity contribution in [3.63, 3.8) is 0 Å². The van der Waals surface area contributed by atoms with E-state index in [9.17, 15) is 10.1 Å². The van der Waals surface area contributed by atoms with Crippen LogP contribution >= 0.6 is 0 Å². The van der Waals surface area contributed by atoms with Gasteiger partial charge in [-0.05, 0) is 29.5 Å². The number of tetrazole rings is 1. The standard InChI is InChI=1S/C10H12N6O2/c11-6-3-7-15-10(12-13-14-15)8-4-1-2-5-9(8)16(17)18/h1-2,4-5H,3,6-7,11H2. The van der Waals surface area contributed by atoms with Crippen LogP contribution in [0.15, 0.2) is 24.3 Å². The van der Waals surface area contributed by atoms with Gasteiger partial charge in [-0.1, -0.05) is 12.1 Å². The van der Waals surface area contributed by atoms with E-state index in [1.165, 1.54) is 10.7 Å². The molecule has 0 aliphatic heterocycles. The fourth-order valence-corrected chi connectivity index (χ4v) is 1.61. The lowest BCUT2D eigenvalue weighted by molar-refractivity contribution is -0.384. The highest BCUT2D eigenvalue weighted by molar-refractivity contribution is 5.67.